The zero-order valence-electron chi connectivity index (χ0n) is 11.4. The average Bonchev–Trinajstić information content (AvgIpc) is 2.37. The van der Waals surface area contributed by atoms with Crippen molar-refractivity contribution in [2.45, 2.75) is 27.2 Å². The van der Waals surface area contributed by atoms with Crippen LogP contribution in [0.4, 0.5) is 0 Å². The Morgan fingerprint density at radius 3 is 2.42 bits per heavy atom. The summed E-state index contributed by atoms with van der Waals surface area (Å²) in [5, 5.41) is 10.2. The Morgan fingerprint density at radius 2 is 2.05 bits per heavy atom. The molecule has 0 aliphatic heterocycles. The first kappa shape index (κ1) is 16.7. The molecule has 4 nitrogen and oxygen atoms in total. The number of aliphatic hydroxyl groups is 1. The van der Waals surface area contributed by atoms with Crippen molar-refractivity contribution >= 4 is 37.7 Å². The van der Waals surface area contributed by atoms with Gasteiger partial charge in [-0.2, -0.15) is 8.42 Å². The quantitative estimate of drug-likeness (QED) is 0.433. The maximum absolute atomic E-state index is 11.6. The van der Waals surface area contributed by atoms with Crippen LogP contribution in [0.3, 0.4) is 0 Å². The molecule has 0 amide bonds. The minimum Gasteiger partial charge on any atom is -0.511 e. The van der Waals surface area contributed by atoms with Gasteiger partial charge < -0.3 is 10.8 Å². The van der Waals surface area contributed by atoms with Gasteiger partial charge in [0.05, 0.1) is 10.8 Å². The molecule has 0 aromatic rings. The van der Waals surface area contributed by atoms with E-state index in [1.54, 1.807) is 0 Å². The van der Waals surface area contributed by atoms with E-state index in [1.807, 2.05) is 26.8 Å². The van der Waals surface area contributed by atoms with E-state index in [9.17, 15) is 13.5 Å². The molecule has 0 fully saturated rings. The molecular formula is C13H20INO3S. The molecule has 1 aliphatic carbocycles. The fourth-order valence-corrected chi connectivity index (χ4v) is 3.67. The van der Waals surface area contributed by atoms with E-state index >= 15 is 0 Å². The van der Waals surface area contributed by atoms with Crippen LogP contribution in [0.5, 0.6) is 0 Å². The number of rotatable bonds is 4. The SMILES string of the molecule is CCC(C)(C)C1=CC(CI)=C(O)C(CN)C1=S(=O)=O. The van der Waals surface area contributed by atoms with Crippen LogP contribution in [0.2, 0.25) is 0 Å². The monoisotopic (exact) mass is 397 g/mol. The number of alkyl halides is 1. The summed E-state index contributed by atoms with van der Waals surface area (Å²) in [5.41, 5.74) is 6.94. The van der Waals surface area contributed by atoms with Gasteiger partial charge in [0.25, 0.3) is 0 Å². The van der Waals surface area contributed by atoms with Gasteiger partial charge in [-0.25, -0.2) is 0 Å². The van der Waals surface area contributed by atoms with Crippen molar-refractivity contribution in [3.63, 3.8) is 0 Å². The zero-order valence-corrected chi connectivity index (χ0v) is 14.4. The van der Waals surface area contributed by atoms with Gasteiger partial charge in [0.2, 0.25) is 10.3 Å². The van der Waals surface area contributed by atoms with Crippen molar-refractivity contribution in [1.82, 2.24) is 0 Å². The van der Waals surface area contributed by atoms with Gasteiger partial charge >= 0.3 is 0 Å². The third kappa shape index (κ3) is 3.22. The van der Waals surface area contributed by atoms with E-state index in [0.29, 0.717) is 4.43 Å². The molecule has 0 spiro atoms. The summed E-state index contributed by atoms with van der Waals surface area (Å²) >= 11 is 2.16. The van der Waals surface area contributed by atoms with Gasteiger partial charge in [0, 0.05) is 16.5 Å². The normalized spacial score (nSPS) is 20.6. The Morgan fingerprint density at radius 1 is 1.47 bits per heavy atom. The van der Waals surface area contributed by atoms with Crippen LogP contribution < -0.4 is 5.73 Å². The maximum Gasteiger partial charge on any atom is 0.218 e. The first-order valence-electron chi connectivity index (χ1n) is 6.16. The molecule has 1 atom stereocenters. The molecule has 0 saturated carbocycles. The molecule has 0 bridgehead atoms. The Hall–Kier alpha value is -0.340. The second kappa shape index (κ2) is 6.41. The van der Waals surface area contributed by atoms with Crippen LogP contribution in [0.1, 0.15) is 27.2 Å². The van der Waals surface area contributed by atoms with E-state index in [-0.39, 0.29) is 22.6 Å². The molecule has 6 heteroatoms. The molecule has 0 aromatic heterocycles. The number of nitrogens with two attached hydrogens (primary N) is 1. The lowest BCUT2D eigenvalue weighted by atomic mass is 9.73. The lowest BCUT2D eigenvalue weighted by molar-refractivity contribution is 0.356. The van der Waals surface area contributed by atoms with Crippen LogP contribution in [-0.2, 0) is 10.3 Å². The highest BCUT2D eigenvalue weighted by atomic mass is 127. The van der Waals surface area contributed by atoms with Gasteiger partial charge in [-0.15, -0.1) is 0 Å². The summed E-state index contributed by atoms with van der Waals surface area (Å²) in [4.78, 5) is 0.237. The molecule has 1 rings (SSSR count). The summed E-state index contributed by atoms with van der Waals surface area (Å²) < 4.78 is 23.8. The fraction of sp³-hybridized carbons (Fsp3) is 0.615. The van der Waals surface area contributed by atoms with Crippen molar-refractivity contribution in [3.8, 4) is 0 Å². The van der Waals surface area contributed by atoms with Gasteiger partial charge in [-0.1, -0.05) is 43.4 Å². The first-order chi connectivity index (χ1) is 8.80. The Balaban J connectivity index is 3.61. The minimum atomic E-state index is -2.38. The van der Waals surface area contributed by atoms with Crippen molar-refractivity contribution in [1.29, 1.82) is 0 Å². The summed E-state index contributed by atoms with van der Waals surface area (Å²) in [6.45, 7) is 6.12. The predicted molar refractivity (Wildman–Crippen MR) is 87.2 cm³/mol. The highest BCUT2D eigenvalue weighted by Gasteiger charge is 2.36. The van der Waals surface area contributed by atoms with E-state index in [2.05, 4.69) is 22.6 Å². The maximum atomic E-state index is 11.6. The Bertz CT molecular complexity index is 550. The molecule has 0 radical (unpaired) electrons. The van der Waals surface area contributed by atoms with Crippen LogP contribution in [-0.4, -0.2) is 29.4 Å². The third-order valence-corrected chi connectivity index (χ3v) is 5.42. The number of hydrogen-bond acceptors (Lipinski definition) is 4. The molecular weight excluding hydrogens is 377 g/mol. The molecule has 19 heavy (non-hydrogen) atoms. The molecule has 0 aromatic carbocycles. The van der Waals surface area contributed by atoms with E-state index < -0.39 is 16.2 Å². The van der Waals surface area contributed by atoms with Crippen molar-refractivity contribution < 1.29 is 13.5 Å². The summed E-state index contributed by atoms with van der Waals surface area (Å²) in [6.07, 6.45) is 2.62. The summed E-state index contributed by atoms with van der Waals surface area (Å²) in [6, 6.07) is 0. The molecule has 1 unspecified atom stereocenters. The van der Waals surface area contributed by atoms with Gasteiger partial charge in [0.1, 0.15) is 5.76 Å². The molecule has 0 saturated heterocycles. The molecule has 0 heterocycles. The predicted octanol–water partition coefficient (Wildman–Crippen LogP) is 2.24. The third-order valence-electron chi connectivity index (χ3n) is 3.73. The topological polar surface area (TPSA) is 80.4 Å². The minimum absolute atomic E-state index is 0.0896. The number of allylic oxidation sites excluding steroid dienone is 3. The standard InChI is InChI=1S/C13H20INO3S/c1-4-13(2,3)10-5-8(6-14)11(16)9(7-15)12(10)19(17)18/h5,9,16H,4,6-7,15H2,1-3H3. The lowest BCUT2D eigenvalue weighted by Crippen LogP contribution is -2.36. The van der Waals surface area contributed by atoms with Crippen molar-refractivity contribution in [2.24, 2.45) is 17.1 Å². The van der Waals surface area contributed by atoms with Crippen LogP contribution in [0.15, 0.2) is 23.0 Å². The second-order valence-electron chi connectivity index (χ2n) is 5.23. The largest absolute Gasteiger partial charge is 0.511 e. The van der Waals surface area contributed by atoms with Crippen molar-refractivity contribution in [2.75, 3.05) is 11.0 Å². The average molecular weight is 397 g/mol. The number of hydrogen-bond donors (Lipinski definition) is 2. The zero-order chi connectivity index (χ0) is 14.8. The van der Waals surface area contributed by atoms with Gasteiger partial charge in [-0.05, 0) is 23.5 Å². The van der Waals surface area contributed by atoms with E-state index in [4.69, 9.17) is 5.73 Å². The van der Waals surface area contributed by atoms with E-state index in [0.717, 1.165) is 17.6 Å². The van der Waals surface area contributed by atoms with E-state index in [1.165, 1.54) is 0 Å². The number of aliphatic hydroxyl groups excluding tert-OH is 1. The van der Waals surface area contributed by atoms with Crippen molar-refractivity contribution in [3.05, 3.63) is 23.0 Å². The van der Waals surface area contributed by atoms with Gasteiger partial charge in [-0.3, -0.25) is 0 Å². The highest BCUT2D eigenvalue weighted by molar-refractivity contribution is 14.1. The molecule has 3 N–H and O–H groups in total. The van der Waals surface area contributed by atoms with Crippen LogP contribution in [0, 0.1) is 11.3 Å². The van der Waals surface area contributed by atoms with Crippen LogP contribution in [0.25, 0.3) is 0 Å². The lowest BCUT2D eigenvalue weighted by Gasteiger charge is -2.33. The molecule has 1 aliphatic rings. The van der Waals surface area contributed by atoms with Crippen LogP contribution >= 0.6 is 22.6 Å². The van der Waals surface area contributed by atoms with Gasteiger partial charge in [0.15, 0.2) is 0 Å². The second-order valence-corrected chi connectivity index (χ2v) is 6.90. The summed E-state index contributed by atoms with van der Waals surface area (Å²) in [5.74, 6) is -0.527. The highest BCUT2D eigenvalue weighted by Crippen LogP contribution is 2.38. The Labute approximate surface area is 129 Å². The smallest absolute Gasteiger partial charge is 0.218 e. The molecule has 108 valence electrons. The number of halogens is 1. The first-order valence-corrected chi connectivity index (χ1v) is 8.76. The summed E-state index contributed by atoms with van der Waals surface area (Å²) in [7, 11) is -2.38. The Kier molecular flexibility index (Phi) is 5.64. The fourth-order valence-electron chi connectivity index (χ4n) is 2.11.